The van der Waals surface area contributed by atoms with Crippen LogP contribution >= 0.6 is 0 Å². The molecule has 0 bridgehead atoms. The van der Waals surface area contributed by atoms with Gasteiger partial charge in [0, 0.05) is 30.9 Å². The molecule has 9 heteroatoms. The fourth-order valence-corrected chi connectivity index (χ4v) is 4.44. The molecule has 9 nitrogen and oxygen atoms in total. The summed E-state index contributed by atoms with van der Waals surface area (Å²) in [5.41, 5.74) is 10.0. The van der Waals surface area contributed by atoms with Crippen molar-refractivity contribution in [2.75, 3.05) is 5.73 Å². The monoisotopic (exact) mass is 423 g/mol. The van der Waals surface area contributed by atoms with Gasteiger partial charge in [0.25, 0.3) is 0 Å². The number of aromatic nitrogens is 6. The molecule has 2 N–H and O–H groups in total. The fraction of sp³-hybridized carbons (Fsp3) is 0.304. The molecule has 1 fully saturated rings. The van der Waals surface area contributed by atoms with E-state index in [0.29, 0.717) is 42.2 Å². The first-order valence-electron chi connectivity index (χ1n) is 10.3. The van der Waals surface area contributed by atoms with Crippen LogP contribution in [0.5, 0.6) is 0 Å². The Morgan fingerprint density at radius 3 is 2.69 bits per heavy atom. The Morgan fingerprint density at radius 2 is 2.00 bits per heavy atom. The van der Waals surface area contributed by atoms with E-state index in [9.17, 15) is 10.5 Å². The molecule has 0 saturated heterocycles. The number of nitriles is 2. The molecule has 0 unspecified atom stereocenters. The van der Waals surface area contributed by atoms with Crippen LogP contribution in [-0.4, -0.2) is 29.5 Å². The zero-order valence-electron chi connectivity index (χ0n) is 17.8. The van der Waals surface area contributed by atoms with Crippen LogP contribution in [0.3, 0.4) is 0 Å². The van der Waals surface area contributed by atoms with E-state index in [2.05, 4.69) is 22.2 Å². The highest BCUT2D eigenvalue weighted by Gasteiger charge is 2.47. The summed E-state index contributed by atoms with van der Waals surface area (Å²) in [7, 11) is 1.78. The van der Waals surface area contributed by atoms with Gasteiger partial charge in [0.2, 0.25) is 0 Å². The van der Waals surface area contributed by atoms with Gasteiger partial charge in [-0.3, -0.25) is 14.3 Å². The van der Waals surface area contributed by atoms with Crippen molar-refractivity contribution in [1.29, 1.82) is 10.5 Å². The van der Waals surface area contributed by atoms with Crippen molar-refractivity contribution in [2.24, 2.45) is 13.0 Å². The molecule has 32 heavy (non-hydrogen) atoms. The Kier molecular flexibility index (Phi) is 4.42. The molecule has 0 atom stereocenters. The molecule has 4 aromatic rings. The van der Waals surface area contributed by atoms with Crippen molar-refractivity contribution >= 4 is 16.7 Å². The SMILES string of the molecule is Cc1cn([C@]2(CC#N)C[C@@H](C#N)C2)nc1-c1nc(-c2cc(N)n(C)n2)cc2ncccc12. The van der Waals surface area contributed by atoms with Crippen LogP contribution < -0.4 is 5.73 Å². The maximum atomic E-state index is 9.39. The van der Waals surface area contributed by atoms with Gasteiger partial charge in [-0.25, -0.2) is 4.98 Å². The molecule has 1 aliphatic rings. The van der Waals surface area contributed by atoms with Crippen molar-refractivity contribution in [2.45, 2.75) is 31.7 Å². The van der Waals surface area contributed by atoms with Gasteiger partial charge in [-0.05, 0) is 43.5 Å². The molecule has 4 heterocycles. The lowest BCUT2D eigenvalue weighted by Crippen LogP contribution is -2.46. The summed E-state index contributed by atoms with van der Waals surface area (Å²) in [5, 5.41) is 28.9. The fourth-order valence-electron chi connectivity index (χ4n) is 4.44. The van der Waals surface area contributed by atoms with Crippen molar-refractivity contribution < 1.29 is 0 Å². The van der Waals surface area contributed by atoms with Crippen LogP contribution in [-0.2, 0) is 12.6 Å². The van der Waals surface area contributed by atoms with Crippen molar-refractivity contribution in [1.82, 2.24) is 29.5 Å². The second-order valence-corrected chi connectivity index (χ2v) is 8.40. The molecule has 0 radical (unpaired) electrons. The number of rotatable bonds is 4. The van der Waals surface area contributed by atoms with Crippen molar-refractivity contribution in [3.05, 3.63) is 42.2 Å². The standard InChI is InChI=1S/C23H21N9/c1-14-13-32(23(5-6-24)10-15(11-23)12-25)30-21(14)22-16-4-3-7-27-17(16)8-18(28-22)19-9-20(26)31(2)29-19/h3-4,7-9,13,15H,5,10-11,26H2,1-2H3/t15-,23-. The summed E-state index contributed by atoms with van der Waals surface area (Å²) in [4.78, 5) is 9.43. The minimum atomic E-state index is -0.445. The van der Waals surface area contributed by atoms with Crippen LogP contribution in [0.25, 0.3) is 33.7 Å². The van der Waals surface area contributed by atoms with Crippen molar-refractivity contribution in [3.63, 3.8) is 0 Å². The van der Waals surface area contributed by atoms with Crippen LogP contribution in [0.2, 0.25) is 0 Å². The minimum Gasteiger partial charge on any atom is -0.384 e. The zero-order chi connectivity index (χ0) is 22.5. The lowest BCUT2D eigenvalue weighted by molar-refractivity contribution is 0.0883. The van der Waals surface area contributed by atoms with Gasteiger partial charge in [-0.2, -0.15) is 20.7 Å². The molecule has 0 aromatic carbocycles. The van der Waals surface area contributed by atoms with Gasteiger partial charge in [0.1, 0.15) is 22.9 Å². The number of aryl methyl sites for hydroxylation is 2. The summed E-state index contributed by atoms with van der Waals surface area (Å²) in [6, 6.07) is 12.1. The summed E-state index contributed by atoms with van der Waals surface area (Å²) in [6.07, 6.45) is 5.26. The summed E-state index contributed by atoms with van der Waals surface area (Å²) in [6.45, 7) is 1.98. The largest absolute Gasteiger partial charge is 0.384 e. The Labute approximate surface area is 184 Å². The summed E-state index contributed by atoms with van der Waals surface area (Å²) in [5.74, 6) is 0.498. The Hall–Kier alpha value is -4.24. The minimum absolute atomic E-state index is 0.0441. The number of anilines is 1. The summed E-state index contributed by atoms with van der Waals surface area (Å²) >= 11 is 0. The highest BCUT2D eigenvalue weighted by Crippen LogP contribution is 2.46. The number of hydrogen-bond donors (Lipinski definition) is 1. The lowest BCUT2D eigenvalue weighted by atomic mass is 9.67. The predicted molar refractivity (Wildman–Crippen MR) is 119 cm³/mol. The van der Waals surface area contributed by atoms with Crippen LogP contribution in [0.1, 0.15) is 24.8 Å². The maximum absolute atomic E-state index is 9.39. The van der Waals surface area contributed by atoms with Gasteiger partial charge in [0.05, 0.1) is 41.2 Å². The first kappa shape index (κ1) is 19.7. The molecular formula is C23H21N9. The molecule has 4 aromatic heterocycles. The Morgan fingerprint density at radius 1 is 1.19 bits per heavy atom. The second kappa shape index (κ2) is 7.17. The zero-order valence-corrected chi connectivity index (χ0v) is 17.8. The van der Waals surface area contributed by atoms with Gasteiger partial charge >= 0.3 is 0 Å². The van der Waals surface area contributed by atoms with E-state index in [1.54, 1.807) is 24.0 Å². The Bertz CT molecular complexity index is 1400. The number of nitrogens with two attached hydrogens (primary N) is 1. The van der Waals surface area contributed by atoms with E-state index in [1.807, 2.05) is 36.0 Å². The van der Waals surface area contributed by atoms with Crippen molar-refractivity contribution in [3.8, 4) is 34.9 Å². The Balaban J connectivity index is 1.67. The van der Waals surface area contributed by atoms with Crippen LogP contribution in [0, 0.1) is 35.5 Å². The molecule has 0 aliphatic heterocycles. The molecular weight excluding hydrogens is 402 g/mol. The van der Waals surface area contributed by atoms with Gasteiger partial charge < -0.3 is 5.73 Å². The van der Waals surface area contributed by atoms with E-state index in [1.165, 1.54) is 0 Å². The van der Waals surface area contributed by atoms with Crippen LogP contribution in [0.15, 0.2) is 36.7 Å². The average molecular weight is 423 g/mol. The first-order chi connectivity index (χ1) is 15.4. The van der Waals surface area contributed by atoms with Gasteiger partial charge in [0.15, 0.2) is 0 Å². The van der Waals surface area contributed by atoms with E-state index >= 15 is 0 Å². The first-order valence-corrected chi connectivity index (χ1v) is 10.3. The smallest absolute Gasteiger partial charge is 0.122 e. The third-order valence-corrected chi connectivity index (χ3v) is 6.23. The molecule has 0 amide bonds. The molecule has 1 saturated carbocycles. The quantitative estimate of drug-likeness (QED) is 0.532. The molecule has 158 valence electrons. The van der Waals surface area contributed by atoms with E-state index in [-0.39, 0.29) is 5.92 Å². The van der Waals surface area contributed by atoms with E-state index < -0.39 is 5.54 Å². The average Bonchev–Trinajstić information content (AvgIpc) is 3.31. The molecule has 0 spiro atoms. The number of hydrogen-bond acceptors (Lipinski definition) is 7. The second-order valence-electron chi connectivity index (χ2n) is 8.40. The highest BCUT2D eigenvalue weighted by atomic mass is 15.3. The molecule has 5 rings (SSSR count). The topological polar surface area (TPSA) is 135 Å². The lowest BCUT2D eigenvalue weighted by Gasteiger charge is -2.43. The summed E-state index contributed by atoms with van der Waals surface area (Å²) < 4.78 is 3.47. The predicted octanol–water partition coefficient (Wildman–Crippen LogP) is 3.33. The third-order valence-electron chi connectivity index (χ3n) is 6.23. The number of fused-ring (bicyclic) bond motifs is 1. The highest BCUT2D eigenvalue weighted by molar-refractivity contribution is 5.94. The molecule has 1 aliphatic carbocycles. The van der Waals surface area contributed by atoms with Gasteiger partial charge in [-0.1, -0.05) is 0 Å². The number of nitrogen functional groups attached to an aromatic ring is 1. The van der Waals surface area contributed by atoms with Gasteiger partial charge in [-0.15, -0.1) is 0 Å². The normalized spacial score (nSPS) is 19.9. The third kappa shape index (κ3) is 2.98. The van der Waals surface area contributed by atoms with E-state index in [4.69, 9.17) is 15.8 Å². The number of nitrogens with zero attached hydrogens (tertiary/aromatic N) is 8. The van der Waals surface area contributed by atoms with E-state index in [0.717, 1.165) is 22.2 Å². The maximum Gasteiger partial charge on any atom is 0.122 e. The van der Waals surface area contributed by atoms with Crippen LogP contribution in [0.4, 0.5) is 5.82 Å². The number of pyridine rings is 2.